The van der Waals surface area contributed by atoms with Crippen LogP contribution in [-0.4, -0.2) is 28.4 Å². The van der Waals surface area contributed by atoms with Crippen molar-refractivity contribution in [2.45, 2.75) is 19.9 Å². The van der Waals surface area contributed by atoms with Crippen molar-refractivity contribution in [1.29, 1.82) is 0 Å². The summed E-state index contributed by atoms with van der Waals surface area (Å²) in [6.07, 6.45) is 0. The molecule has 0 unspecified atom stereocenters. The molecule has 2 N–H and O–H groups in total. The van der Waals surface area contributed by atoms with Crippen molar-refractivity contribution in [3.63, 3.8) is 0 Å². The second kappa shape index (κ2) is 5.96. The molecule has 0 fully saturated rings. The number of benzene rings is 1. The number of fused-ring (bicyclic) bond motifs is 1. The number of nitrogens with zero attached hydrogens (tertiary/aromatic N) is 2. The molecule has 0 aliphatic heterocycles. The summed E-state index contributed by atoms with van der Waals surface area (Å²) in [5.74, 6) is 1.09. The van der Waals surface area contributed by atoms with Crippen LogP contribution in [-0.2, 0) is 0 Å². The number of aromatic nitrogens is 2. The highest BCUT2D eigenvalue weighted by Gasteiger charge is 2.15. The second-order valence-electron chi connectivity index (χ2n) is 5.38. The molecule has 0 aliphatic carbocycles. The molecule has 2 heterocycles. The van der Waals surface area contributed by atoms with Crippen molar-refractivity contribution in [3.8, 4) is 22.9 Å². The number of hydrogen-bond donors (Lipinski definition) is 2. The summed E-state index contributed by atoms with van der Waals surface area (Å²) >= 11 is 6.29. The SMILES string of the molecule is COc1ccc2c(O)cc(-c3cc(NC(C)C)on3)nc2c1Cl. The Morgan fingerprint density at radius 3 is 2.74 bits per heavy atom. The van der Waals surface area contributed by atoms with E-state index in [4.69, 9.17) is 20.9 Å². The van der Waals surface area contributed by atoms with Gasteiger partial charge in [-0.2, -0.15) is 0 Å². The largest absolute Gasteiger partial charge is 0.507 e. The van der Waals surface area contributed by atoms with Gasteiger partial charge >= 0.3 is 0 Å². The number of hydrogen-bond acceptors (Lipinski definition) is 6. The molecule has 0 atom stereocenters. The molecule has 2 aromatic heterocycles. The third kappa shape index (κ3) is 2.90. The Kier molecular flexibility index (Phi) is 4.00. The van der Waals surface area contributed by atoms with Crippen LogP contribution in [0.15, 0.2) is 28.8 Å². The van der Waals surface area contributed by atoms with E-state index in [2.05, 4.69) is 15.5 Å². The van der Waals surface area contributed by atoms with Gasteiger partial charge in [-0.1, -0.05) is 16.8 Å². The standard InChI is InChI=1S/C16H16ClN3O3/c1-8(2)18-14-7-11(20-23-14)10-6-12(21)9-4-5-13(22-3)15(17)16(9)19-10/h4-8,18H,1-3H3,(H,19,21). The van der Waals surface area contributed by atoms with E-state index in [1.807, 2.05) is 13.8 Å². The first-order chi connectivity index (χ1) is 11.0. The zero-order valence-corrected chi connectivity index (χ0v) is 13.7. The molecule has 1 aromatic carbocycles. The predicted octanol–water partition coefficient (Wildman–Crippen LogP) is 4.08. The number of halogens is 1. The van der Waals surface area contributed by atoms with Crippen LogP contribution in [0.25, 0.3) is 22.3 Å². The molecule has 0 amide bonds. The molecular weight excluding hydrogens is 318 g/mol. The predicted molar refractivity (Wildman–Crippen MR) is 89.2 cm³/mol. The fraction of sp³-hybridized carbons (Fsp3) is 0.250. The number of methoxy groups -OCH3 is 1. The highest BCUT2D eigenvalue weighted by molar-refractivity contribution is 6.36. The summed E-state index contributed by atoms with van der Waals surface area (Å²) in [4.78, 5) is 4.48. The lowest BCUT2D eigenvalue weighted by Crippen LogP contribution is -2.08. The van der Waals surface area contributed by atoms with Crippen LogP contribution in [0.1, 0.15) is 13.8 Å². The Balaban J connectivity index is 2.11. The van der Waals surface area contributed by atoms with Gasteiger partial charge in [0.2, 0.25) is 5.88 Å². The number of aromatic hydroxyl groups is 1. The van der Waals surface area contributed by atoms with E-state index in [-0.39, 0.29) is 11.8 Å². The summed E-state index contributed by atoms with van der Waals surface area (Å²) in [7, 11) is 1.53. The average molecular weight is 334 g/mol. The molecule has 23 heavy (non-hydrogen) atoms. The maximum absolute atomic E-state index is 10.2. The van der Waals surface area contributed by atoms with E-state index in [1.165, 1.54) is 13.2 Å². The molecule has 0 saturated heterocycles. The zero-order valence-electron chi connectivity index (χ0n) is 12.9. The monoisotopic (exact) mass is 333 g/mol. The van der Waals surface area contributed by atoms with Crippen molar-refractivity contribution in [2.75, 3.05) is 12.4 Å². The lowest BCUT2D eigenvalue weighted by atomic mass is 10.1. The Morgan fingerprint density at radius 2 is 2.04 bits per heavy atom. The third-order valence-electron chi connectivity index (χ3n) is 3.29. The third-order valence-corrected chi connectivity index (χ3v) is 3.65. The van der Waals surface area contributed by atoms with Crippen molar-refractivity contribution in [3.05, 3.63) is 29.3 Å². The Morgan fingerprint density at radius 1 is 1.26 bits per heavy atom. The van der Waals surface area contributed by atoms with E-state index >= 15 is 0 Å². The highest BCUT2D eigenvalue weighted by atomic mass is 35.5. The van der Waals surface area contributed by atoms with Gasteiger partial charge in [0.05, 0.1) is 18.3 Å². The van der Waals surface area contributed by atoms with Crippen molar-refractivity contribution >= 4 is 28.4 Å². The maximum Gasteiger partial charge on any atom is 0.225 e. The minimum absolute atomic E-state index is 0.0657. The molecule has 0 bridgehead atoms. The maximum atomic E-state index is 10.2. The van der Waals surface area contributed by atoms with Gasteiger partial charge < -0.3 is 19.7 Å². The summed E-state index contributed by atoms with van der Waals surface area (Å²) in [6.45, 7) is 3.99. The number of pyridine rings is 1. The molecule has 0 saturated carbocycles. The zero-order chi connectivity index (χ0) is 16.6. The van der Waals surface area contributed by atoms with E-state index in [0.29, 0.717) is 38.9 Å². The molecule has 0 spiro atoms. The van der Waals surface area contributed by atoms with E-state index < -0.39 is 0 Å². The van der Waals surface area contributed by atoms with Crippen LogP contribution in [0.5, 0.6) is 11.5 Å². The molecular formula is C16H16ClN3O3. The topological polar surface area (TPSA) is 80.4 Å². The van der Waals surface area contributed by atoms with Crippen molar-refractivity contribution < 1.29 is 14.4 Å². The molecule has 7 heteroatoms. The molecule has 0 radical (unpaired) electrons. The first-order valence-corrected chi connectivity index (χ1v) is 7.47. The van der Waals surface area contributed by atoms with Crippen LogP contribution < -0.4 is 10.1 Å². The van der Waals surface area contributed by atoms with Gasteiger partial charge in [-0.3, -0.25) is 0 Å². The van der Waals surface area contributed by atoms with Crippen LogP contribution >= 0.6 is 11.6 Å². The summed E-state index contributed by atoms with van der Waals surface area (Å²) < 4.78 is 10.4. The van der Waals surface area contributed by atoms with Gasteiger partial charge in [-0.25, -0.2) is 4.98 Å². The van der Waals surface area contributed by atoms with Crippen molar-refractivity contribution in [1.82, 2.24) is 10.1 Å². The van der Waals surface area contributed by atoms with Gasteiger partial charge in [0, 0.05) is 23.6 Å². The average Bonchev–Trinajstić information content (AvgIpc) is 2.96. The van der Waals surface area contributed by atoms with E-state index in [9.17, 15) is 5.11 Å². The molecule has 6 nitrogen and oxygen atoms in total. The number of nitrogens with one attached hydrogen (secondary N) is 1. The normalized spacial score (nSPS) is 11.2. The summed E-state index contributed by atoms with van der Waals surface area (Å²) in [6, 6.07) is 6.87. The van der Waals surface area contributed by atoms with Gasteiger partial charge in [-0.15, -0.1) is 0 Å². The minimum Gasteiger partial charge on any atom is -0.507 e. The van der Waals surface area contributed by atoms with Crippen LogP contribution in [0.3, 0.4) is 0 Å². The van der Waals surface area contributed by atoms with Gasteiger partial charge in [0.25, 0.3) is 0 Å². The lowest BCUT2D eigenvalue weighted by Gasteiger charge is -2.08. The minimum atomic E-state index is 0.0657. The molecule has 3 aromatic rings. The highest BCUT2D eigenvalue weighted by Crippen LogP contribution is 2.37. The van der Waals surface area contributed by atoms with Crippen molar-refractivity contribution in [2.24, 2.45) is 0 Å². The number of rotatable bonds is 4. The van der Waals surface area contributed by atoms with Gasteiger partial charge in [-0.05, 0) is 26.0 Å². The first-order valence-electron chi connectivity index (χ1n) is 7.09. The Labute approximate surface area is 138 Å². The summed E-state index contributed by atoms with van der Waals surface area (Å²) in [5, 5.41) is 18.2. The first kappa shape index (κ1) is 15.4. The van der Waals surface area contributed by atoms with Crippen LogP contribution in [0, 0.1) is 0 Å². The fourth-order valence-corrected chi connectivity index (χ4v) is 2.54. The summed E-state index contributed by atoms with van der Waals surface area (Å²) in [5.41, 5.74) is 1.41. The Hall–Kier alpha value is -2.47. The molecule has 120 valence electrons. The lowest BCUT2D eigenvalue weighted by molar-refractivity contribution is 0.415. The molecule has 3 rings (SSSR count). The number of ether oxygens (including phenoxy) is 1. The van der Waals surface area contributed by atoms with Crippen LogP contribution in [0.2, 0.25) is 5.02 Å². The smallest absolute Gasteiger partial charge is 0.225 e. The quantitative estimate of drug-likeness (QED) is 0.749. The fourth-order valence-electron chi connectivity index (χ4n) is 2.26. The van der Waals surface area contributed by atoms with E-state index in [1.54, 1.807) is 18.2 Å². The van der Waals surface area contributed by atoms with Gasteiger partial charge in [0.1, 0.15) is 22.2 Å². The van der Waals surface area contributed by atoms with Crippen LogP contribution in [0.4, 0.5) is 5.88 Å². The Bertz CT molecular complexity index is 861. The molecule has 0 aliphatic rings. The second-order valence-corrected chi connectivity index (χ2v) is 5.76. The number of anilines is 1. The van der Waals surface area contributed by atoms with Gasteiger partial charge in [0.15, 0.2) is 0 Å². The van der Waals surface area contributed by atoms with E-state index in [0.717, 1.165) is 0 Å².